The summed E-state index contributed by atoms with van der Waals surface area (Å²) in [6.45, 7) is 0.832. The van der Waals surface area contributed by atoms with Gasteiger partial charge in [0.05, 0.1) is 30.2 Å². The van der Waals surface area contributed by atoms with Crippen LogP contribution in [0.25, 0.3) is 11.0 Å². The number of hydrogen-bond acceptors (Lipinski definition) is 8. The van der Waals surface area contributed by atoms with Gasteiger partial charge >= 0.3 is 6.01 Å². The van der Waals surface area contributed by atoms with Gasteiger partial charge < -0.3 is 14.8 Å². The van der Waals surface area contributed by atoms with Crippen molar-refractivity contribution in [2.45, 2.75) is 0 Å². The Morgan fingerprint density at radius 1 is 1.04 bits per heavy atom. The molecule has 24 heavy (non-hydrogen) atoms. The highest BCUT2D eigenvalue weighted by atomic mass is 35.5. The van der Waals surface area contributed by atoms with Gasteiger partial charge in [-0.25, -0.2) is 19.9 Å². The van der Waals surface area contributed by atoms with Crippen LogP contribution in [0.1, 0.15) is 0 Å². The number of anilines is 2. The van der Waals surface area contributed by atoms with Crippen LogP contribution in [-0.4, -0.2) is 45.2 Å². The number of ether oxygens (including phenoxy) is 2. The molecule has 0 saturated heterocycles. The minimum Gasteiger partial charge on any atom is -0.461 e. The molecule has 0 atom stereocenters. The SMILES string of the molecule is COCCOc1ncc(Nc2nc(Cl)nc3ccc(Cl)nc23)cn1. The van der Waals surface area contributed by atoms with E-state index in [9.17, 15) is 0 Å². The first-order chi connectivity index (χ1) is 11.7. The first kappa shape index (κ1) is 16.6. The van der Waals surface area contributed by atoms with E-state index in [-0.39, 0.29) is 11.3 Å². The minimum absolute atomic E-state index is 0.0922. The number of pyridine rings is 1. The van der Waals surface area contributed by atoms with E-state index in [1.165, 1.54) is 0 Å². The molecule has 1 N–H and O–H groups in total. The molecule has 0 fully saturated rings. The molecule has 0 aliphatic heterocycles. The lowest BCUT2D eigenvalue weighted by atomic mass is 10.3. The van der Waals surface area contributed by atoms with Crippen LogP contribution in [0.5, 0.6) is 6.01 Å². The van der Waals surface area contributed by atoms with Crippen LogP contribution in [0.3, 0.4) is 0 Å². The Morgan fingerprint density at radius 2 is 1.83 bits per heavy atom. The second-order valence-corrected chi connectivity index (χ2v) is 5.29. The van der Waals surface area contributed by atoms with Crippen molar-refractivity contribution in [2.24, 2.45) is 0 Å². The Kier molecular flexibility index (Phi) is 5.19. The van der Waals surface area contributed by atoms with E-state index in [1.807, 2.05) is 0 Å². The van der Waals surface area contributed by atoms with Gasteiger partial charge in [0.1, 0.15) is 17.3 Å². The van der Waals surface area contributed by atoms with Crippen molar-refractivity contribution in [3.05, 3.63) is 35.0 Å². The molecule has 0 amide bonds. The van der Waals surface area contributed by atoms with E-state index >= 15 is 0 Å². The monoisotopic (exact) mass is 366 g/mol. The van der Waals surface area contributed by atoms with Crippen LogP contribution in [0.4, 0.5) is 11.5 Å². The fraction of sp³-hybridized carbons (Fsp3) is 0.214. The number of hydrogen-bond donors (Lipinski definition) is 1. The molecule has 8 nitrogen and oxygen atoms in total. The van der Waals surface area contributed by atoms with Gasteiger partial charge in [-0.1, -0.05) is 11.6 Å². The van der Waals surface area contributed by atoms with Crippen molar-refractivity contribution >= 4 is 45.7 Å². The van der Waals surface area contributed by atoms with Gasteiger partial charge in [-0.3, -0.25) is 0 Å². The van der Waals surface area contributed by atoms with E-state index in [0.29, 0.717) is 40.9 Å². The van der Waals surface area contributed by atoms with Gasteiger partial charge in [0.25, 0.3) is 0 Å². The summed E-state index contributed by atoms with van der Waals surface area (Å²) in [7, 11) is 1.59. The van der Waals surface area contributed by atoms with E-state index < -0.39 is 0 Å². The summed E-state index contributed by atoms with van der Waals surface area (Å²) in [6, 6.07) is 3.60. The van der Waals surface area contributed by atoms with Gasteiger partial charge in [0.2, 0.25) is 5.28 Å². The molecule has 3 aromatic rings. The highest BCUT2D eigenvalue weighted by molar-refractivity contribution is 6.30. The Hall–Kier alpha value is -2.29. The van der Waals surface area contributed by atoms with Crippen LogP contribution < -0.4 is 10.1 Å². The van der Waals surface area contributed by atoms with Crippen LogP contribution in [0.2, 0.25) is 10.4 Å². The van der Waals surface area contributed by atoms with Gasteiger partial charge in [0.15, 0.2) is 5.82 Å². The second kappa shape index (κ2) is 7.52. The molecule has 0 radical (unpaired) electrons. The Morgan fingerprint density at radius 3 is 2.58 bits per heavy atom. The third-order valence-corrected chi connectivity index (χ3v) is 3.27. The van der Waals surface area contributed by atoms with Crippen molar-refractivity contribution in [1.82, 2.24) is 24.9 Å². The summed E-state index contributed by atoms with van der Waals surface area (Å²) in [5.74, 6) is 0.407. The lowest BCUT2D eigenvalue weighted by Gasteiger charge is -2.09. The topological polar surface area (TPSA) is 94.9 Å². The zero-order valence-electron chi connectivity index (χ0n) is 12.5. The zero-order valence-corrected chi connectivity index (χ0v) is 14.0. The number of halogens is 2. The smallest absolute Gasteiger partial charge is 0.316 e. The molecule has 3 rings (SSSR count). The molecular formula is C14H12Cl2N6O2. The van der Waals surface area contributed by atoms with E-state index in [4.69, 9.17) is 32.7 Å². The third kappa shape index (κ3) is 3.97. The molecule has 3 aromatic heterocycles. The zero-order chi connectivity index (χ0) is 16.9. The summed E-state index contributed by atoms with van der Waals surface area (Å²) >= 11 is 11.9. The lowest BCUT2D eigenvalue weighted by molar-refractivity contribution is 0.141. The normalized spacial score (nSPS) is 10.8. The number of rotatable bonds is 6. The van der Waals surface area contributed by atoms with Crippen molar-refractivity contribution < 1.29 is 9.47 Å². The van der Waals surface area contributed by atoms with E-state index in [0.717, 1.165) is 0 Å². The van der Waals surface area contributed by atoms with Crippen LogP contribution >= 0.6 is 23.2 Å². The third-order valence-electron chi connectivity index (χ3n) is 2.89. The maximum atomic E-state index is 5.94. The van der Waals surface area contributed by atoms with Gasteiger partial charge in [-0.15, -0.1) is 0 Å². The molecule has 0 aliphatic rings. The molecule has 0 bridgehead atoms. The Bertz CT molecular complexity index is 847. The predicted molar refractivity (Wildman–Crippen MR) is 90.0 cm³/mol. The molecule has 0 spiro atoms. The fourth-order valence-electron chi connectivity index (χ4n) is 1.86. The molecule has 10 heteroatoms. The van der Waals surface area contributed by atoms with E-state index in [2.05, 4.69) is 30.2 Å². The van der Waals surface area contributed by atoms with Crippen LogP contribution in [0.15, 0.2) is 24.5 Å². The Labute approximate surface area is 147 Å². The predicted octanol–water partition coefficient (Wildman–Crippen LogP) is 2.89. The number of nitrogens with one attached hydrogen (secondary N) is 1. The van der Waals surface area contributed by atoms with E-state index in [1.54, 1.807) is 31.6 Å². The largest absolute Gasteiger partial charge is 0.461 e. The van der Waals surface area contributed by atoms with Gasteiger partial charge in [-0.2, -0.15) is 4.98 Å². The number of aromatic nitrogens is 5. The van der Waals surface area contributed by atoms with Crippen LogP contribution in [-0.2, 0) is 4.74 Å². The highest BCUT2D eigenvalue weighted by Crippen LogP contribution is 2.24. The number of methoxy groups -OCH3 is 1. The average molecular weight is 367 g/mol. The summed E-state index contributed by atoms with van der Waals surface area (Å²) in [4.78, 5) is 20.6. The first-order valence-corrected chi connectivity index (χ1v) is 7.62. The quantitative estimate of drug-likeness (QED) is 0.404. The maximum absolute atomic E-state index is 5.94. The number of nitrogens with zero attached hydrogens (tertiary/aromatic N) is 5. The van der Waals surface area contributed by atoms with Crippen molar-refractivity contribution in [3.8, 4) is 6.01 Å². The maximum Gasteiger partial charge on any atom is 0.316 e. The van der Waals surface area contributed by atoms with Crippen molar-refractivity contribution in [3.63, 3.8) is 0 Å². The number of fused-ring (bicyclic) bond motifs is 1. The second-order valence-electron chi connectivity index (χ2n) is 4.56. The Balaban J connectivity index is 1.83. The standard InChI is InChI=1S/C14H12Cl2N6O2/c1-23-4-5-24-14-17-6-8(7-18-14)19-12-11-9(20-13(16)22-12)2-3-10(15)21-11/h2-3,6-7H,4-5H2,1H3,(H,19,20,22). The van der Waals surface area contributed by atoms with Crippen molar-refractivity contribution in [1.29, 1.82) is 0 Å². The fourth-order valence-corrected chi connectivity index (χ4v) is 2.18. The van der Waals surface area contributed by atoms with Gasteiger partial charge in [0, 0.05) is 7.11 Å². The molecule has 0 saturated carbocycles. The average Bonchev–Trinajstić information content (AvgIpc) is 2.57. The minimum atomic E-state index is 0.0922. The molecule has 0 unspecified atom stereocenters. The summed E-state index contributed by atoms with van der Waals surface area (Å²) < 4.78 is 10.2. The summed E-state index contributed by atoms with van der Waals surface area (Å²) in [5.41, 5.74) is 1.65. The molecule has 0 aromatic carbocycles. The summed E-state index contributed by atoms with van der Waals surface area (Å²) in [5, 5.41) is 3.47. The van der Waals surface area contributed by atoms with Gasteiger partial charge in [-0.05, 0) is 23.7 Å². The summed E-state index contributed by atoms with van der Waals surface area (Å²) in [6.07, 6.45) is 3.11. The molecular weight excluding hydrogens is 355 g/mol. The highest BCUT2D eigenvalue weighted by Gasteiger charge is 2.10. The molecule has 124 valence electrons. The first-order valence-electron chi connectivity index (χ1n) is 6.86. The lowest BCUT2D eigenvalue weighted by Crippen LogP contribution is -2.07. The molecule has 0 aliphatic carbocycles. The van der Waals surface area contributed by atoms with Crippen molar-refractivity contribution in [2.75, 3.05) is 25.6 Å². The molecule has 3 heterocycles. The van der Waals surface area contributed by atoms with Crippen LogP contribution in [0, 0.1) is 0 Å².